The molecule has 0 spiro atoms. The molecule has 2 aromatic carbocycles. The van der Waals surface area contributed by atoms with Gasteiger partial charge in [0.2, 0.25) is 0 Å². The first kappa shape index (κ1) is 11.5. The van der Waals surface area contributed by atoms with Gasteiger partial charge in [-0.2, -0.15) is 0 Å². The van der Waals surface area contributed by atoms with Crippen LogP contribution in [0.1, 0.15) is 5.56 Å². The normalized spacial score (nSPS) is 10.8. The van der Waals surface area contributed by atoms with Crippen molar-refractivity contribution in [2.45, 2.75) is 6.92 Å². The summed E-state index contributed by atoms with van der Waals surface area (Å²) >= 11 is 0. The van der Waals surface area contributed by atoms with Crippen LogP contribution in [0.3, 0.4) is 0 Å². The Hall–Kier alpha value is -2.62. The van der Waals surface area contributed by atoms with Crippen molar-refractivity contribution < 1.29 is 4.92 Å². The molecule has 0 amide bonds. The Morgan fingerprint density at radius 2 is 1.84 bits per heavy atom. The lowest BCUT2D eigenvalue weighted by molar-refractivity contribution is -0.384. The van der Waals surface area contributed by atoms with E-state index in [0.717, 1.165) is 22.2 Å². The van der Waals surface area contributed by atoms with Crippen LogP contribution in [-0.4, -0.2) is 9.91 Å². The lowest BCUT2D eigenvalue weighted by Crippen LogP contribution is -1.87. The van der Waals surface area contributed by atoms with Crippen LogP contribution in [-0.2, 0) is 0 Å². The zero-order chi connectivity index (χ0) is 13.4. The molecule has 0 saturated carbocycles. The van der Waals surface area contributed by atoms with Crippen molar-refractivity contribution in [2.75, 3.05) is 0 Å². The van der Waals surface area contributed by atoms with Gasteiger partial charge in [-0.05, 0) is 36.2 Å². The number of hydrogen-bond donors (Lipinski definition) is 1. The van der Waals surface area contributed by atoms with Crippen molar-refractivity contribution in [3.8, 4) is 11.3 Å². The first-order valence-electron chi connectivity index (χ1n) is 5.98. The molecular weight excluding hydrogens is 240 g/mol. The standard InChI is InChI=1S/C15H12N2O2/c1-10-3-2-4-12-9-14(16-15(10)12)11-5-7-13(8-6-11)17(18)19/h2-9,16H,1H3. The quantitative estimate of drug-likeness (QED) is 0.552. The summed E-state index contributed by atoms with van der Waals surface area (Å²) in [5.74, 6) is 0. The van der Waals surface area contributed by atoms with E-state index in [1.54, 1.807) is 12.1 Å². The molecule has 0 aliphatic rings. The van der Waals surface area contributed by atoms with Gasteiger partial charge in [-0.3, -0.25) is 10.1 Å². The van der Waals surface area contributed by atoms with Gasteiger partial charge in [-0.1, -0.05) is 18.2 Å². The molecule has 0 radical (unpaired) electrons. The van der Waals surface area contributed by atoms with E-state index in [0.29, 0.717) is 0 Å². The van der Waals surface area contributed by atoms with Crippen molar-refractivity contribution in [3.05, 3.63) is 64.2 Å². The van der Waals surface area contributed by atoms with E-state index in [4.69, 9.17) is 0 Å². The highest BCUT2D eigenvalue weighted by molar-refractivity contribution is 5.88. The number of nitrogens with one attached hydrogen (secondary N) is 1. The van der Waals surface area contributed by atoms with Crippen molar-refractivity contribution in [2.24, 2.45) is 0 Å². The molecule has 3 aromatic rings. The highest BCUT2D eigenvalue weighted by Gasteiger charge is 2.08. The number of nitrogens with zero attached hydrogens (tertiary/aromatic N) is 1. The molecule has 4 nitrogen and oxygen atoms in total. The molecule has 0 aliphatic carbocycles. The average molecular weight is 252 g/mol. The molecule has 1 N–H and O–H groups in total. The van der Waals surface area contributed by atoms with E-state index in [-0.39, 0.29) is 10.6 Å². The summed E-state index contributed by atoms with van der Waals surface area (Å²) in [5.41, 5.74) is 4.32. The Labute approximate surface area is 109 Å². The first-order valence-corrected chi connectivity index (χ1v) is 5.98. The number of hydrogen-bond acceptors (Lipinski definition) is 2. The molecule has 1 heterocycles. The van der Waals surface area contributed by atoms with Crippen molar-refractivity contribution >= 4 is 16.6 Å². The van der Waals surface area contributed by atoms with Crippen molar-refractivity contribution in [1.29, 1.82) is 0 Å². The maximum absolute atomic E-state index is 10.6. The molecule has 1 aromatic heterocycles. The summed E-state index contributed by atoms with van der Waals surface area (Å²) in [4.78, 5) is 13.6. The van der Waals surface area contributed by atoms with Crippen LogP contribution in [0.2, 0.25) is 0 Å². The molecule has 0 atom stereocenters. The number of non-ortho nitro benzene ring substituents is 1. The second kappa shape index (κ2) is 4.24. The third kappa shape index (κ3) is 1.97. The van der Waals surface area contributed by atoms with Crippen LogP contribution >= 0.6 is 0 Å². The van der Waals surface area contributed by atoms with Crippen LogP contribution in [0.4, 0.5) is 5.69 Å². The maximum atomic E-state index is 10.6. The zero-order valence-electron chi connectivity index (χ0n) is 10.4. The number of benzene rings is 2. The third-order valence-corrected chi connectivity index (χ3v) is 3.25. The predicted molar refractivity (Wildman–Crippen MR) is 75.1 cm³/mol. The molecule has 0 aliphatic heterocycles. The topological polar surface area (TPSA) is 58.9 Å². The van der Waals surface area contributed by atoms with Gasteiger partial charge in [-0.15, -0.1) is 0 Å². The number of aromatic amines is 1. The van der Waals surface area contributed by atoms with E-state index >= 15 is 0 Å². The maximum Gasteiger partial charge on any atom is 0.269 e. The molecule has 0 saturated heterocycles. The van der Waals surface area contributed by atoms with Crippen molar-refractivity contribution in [3.63, 3.8) is 0 Å². The SMILES string of the molecule is Cc1cccc2cc(-c3ccc([N+](=O)[O-])cc3)[nH]c12. The molecular formula is C15H12N2O2. The minimum atomic E-state index is -0.390. The lowest BCUT2D eigenvalue weighted by Gasteiger charge is -1.97. The van der Waals surface area contributed by atoms with Gasteiger partial charge in [0.15, 0.2) is 0 Å². The van der Waals surface area contributed by atoms with Gasteiger partial charge in [0.1, 0.15) is 0 Å². The Morgan fingerprint density at radius 1 is 1.11 bits per heavy atom. The highest BCUT2D eigenvalue weighted by Crippen LogP contribution is 2.27. The summed E-state index contributed by atoms with van der Waals surface area (Å²) in [6, 6.07) is 14.7. The van der Waals surface area contributed by atoms with E-state index in [1.807, 2.05) is 12.1 Å². The number of nitro groups is 1. The minimum absolute atomic E-state index is 0.107. The van der Waals surface area contributed by atoms with Gasteiger partial charge in [0, 0.05) is 28.7 Å². The van der Waals surface area contributed by atoms with Gasteiger partial charge in [0.25, 0.3) is 5.69 Å². The highest BCUT2D eigenvalue weighted by atomic mass is 16.6. The Morgan fingerprint density at radius 3 is 2.47 bits per heavy atom. The van der Waals surface area contributed by atoms with Crippen LogP contribution < -0.4 is 0 Å². The molecule has 4 heteroatoms. The molecule has 0 fully saturated rings. The van der Waals surface area contributed by atoms with Crippen LogP contribution in [0.15, 0.2) is 48.5 Å². The van der Waals surface area contributed by atoms with E-state index < -0.39 is 0 Å². The second-order valence-corrected chi connectivity index (χ2v) is 4.53. The zero-order valence-corrected chi connectivity index (χ0v) is 10.4. The van der Waals surface area contributed by atoms with E-state index in [9.17, 15) is 10.1 Å². The third-order valence-electron chi connectivity index (χ3n) is 3.25. The number of fused-ring (bicyclic) bond motifs is 1. The fourth-order valence-corrected chi connectivity index (χ4v) is 2.23. The first-order chi connectivity index (χ1) is 9.15. The molecule has 19 heavy (non-hydrogen) atoms. The predicted octanol–water partition coefficient (Wildman–Crippen LogP) is 4.05. The molecule has 0 bridgehead atoms. The Balaban J connectivity index is 2.09. The summed E-state index contributed by atoms with van der Waals surface area (Å²) in [7, 11) is 0. The van der Waals surface area contributed by atoms with Gasteiger partial charge < -0.3 is 4.98 Å². The molecule has 3 rings (SSSR count). The summed E-state index contributed by atoms with van der Waals surface area (Å²) < 4.78 is 0. The van der Waals surface area contributed by atoms with Crippen LogP contribution in [0, 0.1) is 17.0 Å². The number of aryl methyl sites for hydroxylation is 1. The van der Waals surface area contributed by atoms with E-state index in [1.165, 1.54) is 17.7 Å². The minimum Gasteiger partial charge on any atom is -0.354 e. The largest absolute Gasteiger partial charge is 0.354 e. The summed E-state index contributed by atoms with van der Waals surface area (Å²) in [6.45, 7) is 2.05. The number of nitro benzene ring substituents is 1. The molecule has 94 valence electrons. The Bertz CT molecular complexity index is 757. The van der Waals surface area contributed by atoms with Gasteiger partial charge in [0.05, 0.1) is 4.92 Å². The van der Waals surface area contributed by atoms with E-state index in [2.05, 4.69) is 24.0 Å². The fourth-order valence-electron chi connectivity index (χ4n) is 2.23. The number of para-hydroxylation sites is 1. The average Bonchev–Trinajstić information content (AvgIpc) is 2.84. The summed E-state index contributed by atoms with van der Waals surface area (Å²) in [5, 5.41) is 11.8. The second-order valence-electron chi connectivity index (χ2n) is 4.53. The number of H-pyrrole nitrogens is 1. The number of rotatable bonds is 2. The Kier molecular flexibility index (Phi) is 2.56. The fraction of sp³-hybridized carbons (Fsp3) is 0.0667. The smallest absolute Gasteiger partial charge is 0.269 e. The van der Waals surface area contributed by atoms with Crippen LogP contribution in [0.5, 0.6) is 0 Å². The lowest BCUT2D eigenvalue weighted by atomic mass is 10.1. The molecule has 0 unspecified atom stereocenters. The van der Waals surface area contributed by atoms with Gasteiger partial charge >= 0.3 is 0 Å². The number of aromatic nitrogens is 1. The van der Waals surface area contributed by atoms with Crippen molar-refractivity contribution in [1.82, 2.24) is 4.98 Å². The summed E-state index contributed by atoms with van der Waals surface area (Å²) in [6.07, 6.45) is 0. The van der Waals surface area contributed by atoms with Gasteiger partial charge in [-0.25, -0.2) is 0 Å². The van der Waals surface area contributed by atoms with Crippen LogP contribution in [0.25, 0.3) is 22.2 Å². The monoisotopic (exact) mass is 252 g/mol.